The van der Waals surface area contributed by atoms with Gasteiger partial charge in [-0.3, -0.25) is 9.69 Å². The maximum absolute atomic E-state index is 12.5. The first-order chi connectivity index (χ1) is 15.6. The molecule has 2 aromatic heterocycles. The Morgan fingerprint density at radius 3 is 2.59 bits per heavy atom. The molecular weight excluding hydrogens is 428 g/mol. The van der Waals surface area contributed by atoms with E-state index in [4.69, 9.17) is 9.26 Å². The predicted molar refractivity (Wildman–Crippen MR) is 120 cm³/mol. The van der Waals surface area contributed by atoms with Crippen molar-refractivity contribution in [1.29, 1.82) is 0 Å². The number of hydrogen-bond donors (Lipinski definition) is 0. The highest BCUT2D eigenvalue weighted by atomic mass is 32.1. The Bertz CT molecular complexity index is 1020. The van der Waals surface area contributed by atoms with E-state index in [0.29, 0.717) is 43.5 Å². The van der Waals surface area contributed by atoms with Crippen LogP contribution >= 0.6 is 11.3 Å². The Hall–Kier alpha value is -3.04. The Kier molecular flexibility index (Phi) is 7.28. The van der Waals surface area contributed by atoms with Crippen LogP contribution in [0.5, 0.6) is 5.75 Å². The number of hydrogen-bond acceptors (Lipinski definition) is 8. The van der Waals surface area contributed by atoms with Gasteiger partial charge in [-0.2, -0.15) is 4.98 Å². The summed E-state index contributed by atoms with van der Waals surface area (Å²) in [4.78, 5) is 33.1. The van der Waals surface area contributed by atoms with Crippen LogP contribution in [0.1, 0.15) is 24.8 Å². The molecule has 1 aromatic carbocycles. The molecule has 8 nitrogen and oxygen atoms in total. The fourth-order valence-corrected chi connectivity index (χ4v) is 4.13. The molecule has 0 atom stereocenters. The van der Waals surface area contributed by atoms with Gasteiger partial charge in [-0.1, -0.05) is 23.4 Å². The van der Waals surface area contributed by atoms with E-state index in [1.807, 2.05) is 46.7 Å². The van der Waals surface area contributed by atoms with Crippen LogP contribution in [0, 0.1) is 0 Å². The van der Waals surface area contributed by atoms with Gasteiger partial charge in [0, 0.05) is 32.6 Å². The van der Waals surface area contributed by atoms with Crippen molar-refractivity contribution in [2.24, 2.45) is 0 Å². The maximum Gasteiger partial charge on any atom is 0.260 e. The standard InChI is InChI=1S/C23H26N4O4S/c1-17(28)4-5-18-6-8-19(9-7-18)30-16-22(29)27-12-10-26(11-13-27)15-21-24-23(25-31-21)20-3-2-14-32-20/h2-3,6-9,14H,4-5,10-13,15-16H2,1H3. The van der Waals surface area contributed by atoms with Crippen molar-refractivity contribution in [2.75, 3.05) is 32.8 Å². The number of benzene rings is 1. The summed E-state index contributed by atoms with van der Waals surface area (Å²) < 4.78 is 11.0. The summed E-state index contributed by atoms with van der Waals surface area (Å²) in [5, 5.41) is 6.03. The average Bonchev–Trinajstić information content (AvgIpc) is 3.49. The largest absolute Gasteiger partial charge is 0.484 e. The topological polar surface area (TPSA) is 88.8 Å². The highest BCUT2D eigenvalue weighted by Crippen LogP contribution is 2.22. The fourth-order valence-electron chi connectivity index (χ4n) is 3.48. The summed E-state index contributed by atoms with van der Waals surface area (Å²) in [5.74, 6) is 2.01. The van der Waals surface area contributed by atoms with Crippen molar-refractivity contribution in [3.8, 4) is 16.5 Å². The number of amides is 1. The Morgan fingerprint density at radius 1 is 1.12 bits per heavy atom. The lowest BCUT2D eigenvalue weighted by molar-refractivity contribution is -0.135. The molecule has 168 valence electrons. The smallest absolute Gasteiger partial charge is 0.260 e. The van der Waals surface area contributed by atoms with E-state index in [2.05, 4.69) is 15.0 Å². The summed E-state index contributed by atoms with van der Waals surface area (Å²) >= 11 is 1.58. The summed E-state index contributed by atoms with van der Waals surface area (Å²) in [6.45, 7) is 4.94. The van der Waals surface area contributed by atoms with E-state index in [9.17, 15) is 9.59 Å². The molecule has 0 spiro atoms. The molecule has 0 bridgehead atoms. The van der Waals surface area contributed by atoms with Gasteiger partial charge in [-0.25, -0.2) is 0 Å². The first-order valence-electron chi connectivity index (χ1n) is 10.6. The molecule has 0 N–H and O–H groups in total. The average molecular weight is 455 g/mol. The Balaban J connectivity index is 1.19. The van der Waals surface area contributed by atoms with Crippen molar-refractivity contribution < 1.29 is 18.8 Å². The van der Waals surface area contributed by atoms with Gasteiger partial charge >= 0.3 is 0 Å². The van der Waals surface area contributed by atoms with E-state index in [0.717, 1.165) is 30.0 Å². The molecule has 1 aliphatic heterocycles. The molecule has 0 unspecified atom stereocenters. The van der Waals surface area contributed by atoms with E-state index in [1.165, 1.54) is 0 Å². The third kappa shape index (κ3) is 6.02. The number of thiophene rings is 1. The lowest BCUT2D eigenvalue weighted by Gasteiger charge is -2.33. The number of carbonyl (C=O) groups excluding carboxylic acids is 2. The van der Waals surface area contributed by atoms with Gasteiger partial charge in [0.25, 0.3) is 5.91 Å². The minimum absolute atomic E-state index is 0.0145. The number of carbonyl (C=O) groups is 2. The zero-order valence-corrected chi connectivity index (χ0v) is 18.8. The van der Waals surface area contributed by atoms with Gasteiger partial charge in [-0.15, -0.1) is 11.3 Å². The molecule has 9 heteroatoms. The normalized spacial score (nSPS) is 14.5. The fraction of sp³-hybridized carbons (Fsp3) is 0.391. The molecule has 1 fully saturated rings. The third-order valence-electron chi connectivity index (χ3n) is 5.34. The number of aryl methyl sites for hydroxylation is 1. The third-order valence-corrected chi connectivity index (χ3v) is 6.21. The van der Waals surface area contributed by atoms with Crippen LogP contribution in [0.25, 0.3) is 10.7 Å². The highest BCUT2D eigenvalue weighted by Gasteiger charge is 2.23. The maximum atomic E-state index is 12.5. The van der Waals surface area contributed by atoms with Crippen molar-refractivity contribution in [3.05, 3.63) is 53.2 Å². The van der Waals surface area contributed by atoms with Crippen LogP contribution in [0.2, 0.25) is 0 Å². The molecule has 0 aliphatic carbocycles. The first kappa shape index (κ1) is 22.2. The van der Waals surface area contributed by atoms with Crippen molar-refractivity contribution in [2.45, 2.75) is 26.3 Å². The zero-order chi connectivity index (χ0) is 22.3. The predicted octanol–water partition coefficient (Wildman–Crippen LogP) is 3.04. The lowest BCUT2D eigenvalue weighted by Crippen LogP contribution is -2.49. The first-order valence-corrected chi connectivity index (χ1v) is 11.5. The number of piperazine rings is 1. The number of ether oxygens (including phenoxy) is 1. The molecule has 1 aliphatic rings. The van der Waals surface area contributed by atoms with Crippen LogP contribution in [-0.4, -0.2) is 64.4 Å². The molecule has 4 rings (SSSR count). The van der Waals surface area contributed by atoms with Crippen LogP contribution < -0.4 is 4.74 Å². The van der Waals surface area contributed by atoms with E-state index >= 15 is 0 Å². The van der Waals surface area contributed by atoms with Crippen LogP contribution in [0.4, 0.5) is 0 Å². The highest BCUT2D eigenvalue weighted by molar-refractivity contribution is 7.13. The zero-order valence-electron chi connectivity index (χ0n) is 18.0. The van der Waals surface area contributed by atoms with Gasteiger partial charge < -0.3 is 19.0 Å². The SMILES string of the molecule is CC(=O)CCc1ccc(OCC(=O)N2CCN(Cc3nc(-c4cccs4)no3)CC2)cc1. The number of nitrogens with zero attached hydrogens (tertiary/aromatic N) is 4. The van der Waals surface area contributed by atoms with Crippen molar-refractivity contribution >= 4 is 23.0 Å². The molecular formula is C23H26N4O4S. The monoisotopic (exact) mass is 454 g/mol. The van der Waals surface area contributed by atoms with Gasteiger partial charge in [0.1, 0.15) is 11.5 Å². The van der Waals surface area contributed by atoms with Gasteiger partial charge in [0.15, 0.2) is 6.61 Å². The molecule has 0 radical (unpaired) electrons. The van der Waals surface area contributed by atoms with Crippen molar-refractivity contribution in [1.82, 2.24) is 19.9 Å². The second kappa shape index (κ2) is 10.5. The number of rotatable bonds is 9. The number of ketones is 1. The second-order valence-corrected chi connectivity index (χ2v) is 8.73. The van der Waals surface area contributed by atoms with Crippen LogP contribution in [0.15, 0.2) is 46.3 Å². The second-order valence-electron chi connectivity index (χ2n) is 7.78. The van der Waals surface area contributed by atoms with E-state index in [-0.39, 0.29) is 18.3 Å². The summed E-state index contributed by atoms with van der Waals surface area (Å²) in [5.41, 5.74) is 1.08. The van der Waals surface area contributed by atoms with Crippen LogP contribution in [0.3, 0.4) is 0 Å². The molecule has 1 saturated heterocycles. The van der Waals surface area contributed by atoms with E-state index in [1.54, 1.807) is 18.3 Å². The lowest BCUT2D eigenvalue weighted by atomic mass is 10.1. The molecule has 32 heavy (non-hydrogen) atoms. The Labute approximate surface area is 190 Å². The summed E-state index contributed by atoms with van der Waals surface area (Å²) in [7, 11) is 0. The van der Waals surface area contributed by atoms with Gasteiger partial charge in [0.05, 0.1) is 11.4 Å². The Morgan fingerprint density at radius 2 is 1.91 bits per heavy atom. The molecule has 1 amide bonds. The van der Waals surface area contributed by atoms with Crippen LogP contribution in [-0.2, 0) is 22.6 Å². The minimum atomic E-state index is -0.0249. The molecule has 3 aromatic rings. The van der Waals surface area contributed by atoms with Crippen molar-refractivity contribution in [3.63, 3.8) is 0 Å². The quantitative estimate of drug-likeness (QED) is 0.491. The molecule has 0 saturated carbocycles. The molecule has 3 heterocycles. The van der Waals surface area contributed by atoms with Gasteiger partial charge in [0.2, 0.25) is 11.7 Å². The van der Waals surface area contributed by atoms with E-state index < -0.39 is 0 Å². The minimum Gasteiger partial charge on any atom is -0.484 e. The summed E-state index contributed by atoms with van der Waals surface area (Å²) in [6, 6.07) is 11.5. The number of Topliss-reactive ketones (excluding diaryl/α,β-unsaturated/α-hetero) is 1. The number of aromatic nitrogens is 2. The van der Waals surface area contributed by atoms with Gasteiger partial charge in [-0.05, 0) is 42.5 Å². The summed E-state index contributed by atoms with van der Waals surface area (Å²) in [6.07, 6.45) is 1.25.